The van der Waals surface area contributed by atoms with Crippen molar-refractivity contribution in [2.24, 2.45) is 5.73 Å². The Balaban J connectivity index is 1.48. The van der Waals surface area contributed by atoms with Gasteiger partial charge in [-0.15, -0.1) is 0 Å². The number of carbonyl (C=O) groups excluding carboxylic acids is 2. The Hall–Kier alpha value is -3.20. The topological polar surface area (TPSA) is 116 Å². The standard InChI is InChI=1S/C25H35N7O2/c1-3-31-13-10-19(11-14-31)18-6-8-20(9-7-18)29-25-23(24(26)34)27-15-22(30-25)32-12-4-5-21(16-32)28-17(2)33/h6-9,15,19,21H,3-5,10-14,16H2,1-2H3,(H2,26,34)(H,28,33)(H,29,30). The van der Waals surface area contributed by atoms with E-state index in [2.05, 4.69) is 49.5 Å². The summed E-state index contributed by atoms with van der Waals surface area (Å²) in [6.45, 7) is 8.60. The summed E-state index contributed by atoms with van der Waals surface area (Å²) in [6.07, 6.45) is 5.79. The molecule has 3 heterocycles. The Bertz CT molecular complexity index is 1000. The van der Waals surface area contributed by atoms with Gasteiger partial charge in [0, 0.05) is 31.7 Å². The second-order valence-corrected chi connectivity index (χ2v) is 9.23. The van der Waals surface area contributed by atoms with E-state index >= 15 is 0 Å². The molecule has 1 aromatic carbocycles. The van der Waals surface area contributed by atoms with Crippen LogP contribution in [0.2, 0.25) is 0 Å². The molecule has 2 saturated heterocycles. The number of likely N-dealkylation sites (tertiary alicyclic amines) is 1. The quantitative estimate of drug-likeness (QED) is 0.575. The number of benzene rings is 1. The smallest absolute Gasteiger partial charge is 0.271 e. The lowest BCUT2D eigenvalue weighted by molar-refractivity contribution is -0.119. The van der Waals surface area contributed by atoms with Crippen molar-refractivity contribution in [1.82, 2.24) is 20.2 Å². The van der Waals surface area contributed by atoms with Crippen molar-refractivity contribution < 1.29 is 9.59 Å². The van der Waals surface area contributed by atoms with Gasteiger partial charge in [-0.1, -0.05) is 19.1 Å². The number of amides is 2. The van der Waals surface area contributed by atoms with Gasteiger partial charge in [-0.2, -0.15) is 0 Å². The van der Waals surface area contributed by atoms with Gasteiger partial charge in [-0.3, -0.25) is 9.59 Å². The minimum Gasteiger partial charge on any atom is -0.364 e. The first kappa shape index (κ1) is 23.9. The molecule has 0 saturated carbocycles. The number of rotatable bonds is 7. The molecule has 2 aromatic rings. The minimum atomic E-state index is -0.629. The van der Waals surface area contributed by atoms with Crippen LogP contribution < -0.4 is 21.3 Å². The third kappa shape index (κ3) is 5.83. The predicted molar refractivity (Wildman–Crippen MR) is 133 cm³/mol. The van der Waals surface area contributed by atoms with Crippen LogP contribution in [0.4, 0.5) is 17.3 Å². The fourth-order valence-corrected chi connectivity index (χ4v) is 4.95. The van der Waals surface area contributed by atoms with Crippen molar-refractivity contribution in [3.8, 4) is 0 Å². The van der Waals surface area contributed by atoms with E-state index in [-0.39, 0.29) is 17.6 Å². The number of aromatic nitrogens is 2. The van der Waals surface area contributed by atoms with Gasteiger partial charge in [0.1, 0.15) is 5.82 Å². The molecule has 2 fully saturated rings. The van der Waals surface area contributed by atoms with E-state index in [0.29, 0.717) is 24.1 Å². The van der Waals surface area contributed by atoms with Crippen LogP contribution in [-0.2, 0) is 4.79 Å². The molecule has 0 radical (unpaired) electrons. The van der Waals surface area contributed by atoms with Gasteiger partial charge in [-0.25, -0.2) is 9.97 Å². The number of hydrogen-bond acceptors (Lipinski definition) is 7. The molecule has 2 aliphatic heterocycles. The minimum absolute atomic E-state index is 0.0382. The maximum Gasteiger partial charge on any atom is 0.271 e. The highest BCUT2D eigenvalue weighted by Gasteiger charge is 2.24. The number of nitrogens with zero attached hydrogens (tertiary/aromatic N) is 4. The van der Waals surface area contributed by atoms with E-state index in [1.54, 1.807) is 6.20 Å². The zero-order valence-corrected chi connectivity index (χ0v) is 20.1. The zero-order chi connectivity index (χ0) is 24.1. The van der Waals surface area contributed by atoms with Gasteiger partial charge in [0.25, 0.3) is 5.91 Å². The van der Waals surface area contributed by atoms with E-state index in [1.165, 1.54) is 25.3 Å². The lowest BCUT2D eigenvalue weighted by Gasteiger charge is -2.33. The van der Waals surface area contributed by atoms with Gasteiger partial charge < -0.3 is 26.2 Å². The molecule has 1 unspecified atom stereocenters. The molecule has 0 spiro atoms. The Kier molecular flexibility index (Phi) is 7.62. The lowest BCUT2D eigenvalue weighted by atomic mass is 9.89. The number of primary amides is 1. The first-order chi connectivity index (χ1) is 16.4. The molecule has 2 amide bonds. The summed E-state index contributed by atoms with van der Waals surface area (Å²) in [6, 6.07) is 8.41. The number of nitrogens with one attached hydrogen (secondary N) is 2. The average molecular weight is 466 g/mol. The molecule has 0 bridgehead atoms. The van der Waals surface area contributed by atoms with Crippen LogP contribution in [0.15, 0.2) is 30.5 Å². The summed E-state index contributed by atoms with van der Waals surface area (Å²) in [5, 5.41) is 6.23. The third-order valence-corrected chi connectivity index (χ3v) is 6.83. The molecule has 34 heavy (non-hydrogen) atoms. The van der Waals surface area contributed by atoms with Gasteiger partial charge in [0.15, 0.2) is 11.5 Å². The first-order valence-corrected chi connectivity index (χ1v) is 12.2. The van der Waals surface area contributed by atoms with E-state index in [1.807, 2.05) is 12.1 Å². The highest BCUT2D eigenvalue weighted by atomic mass is 16.1. The number of hydrogen-bond donors (Lipinski definition) is 3. The Morgan fingerprint density at radius 2 is 1.85 bits per heavy atom. The zero-order valence-electron chi connectivity index (χ0n) is 20.1. The molecule has 4 rings (SSSR count). The van der Waals surface area contributed by atoms with Gasteiger partial charge in [-0.05, 0) is 68.9 Å². The van der Waals surface area contributed by atoms with Crippen molar-refractivity contribution in [2.75, 3.05) is 42.9 Å². The first-order valence-electron chi connectivity index (χ1n) is 12.2. The fraction of sp³-hybridized carbons (Fsp3) is 0.520. The Labute approximate surface area is 201 Å². The van der Waals surface area contributed by atoms with Crippen LogP contribution >= 0.6 is 0 Å². The predicted octanol–water partition coefficient (Wildman–Crippen LogP) is 2.62. The number of piperidine rings is 2. The SMILES string of the molecule is CCN1CCC(c2ccc(Nc3nc(N4CCCC(NC(C)=O)C4)cnc3C(N)=O)cc2)CC1. The molecule has 9 heteroatoms. The maximum absolute atomic E-state index is 12.0. The largest absolute Gasteiger partial charge is 0.364 e. The van der Waals surface area contributed by atoms with Crippen molar-refractivity contribution in [3.05, 3.63) is 41.7 Å². The summed E-state index contributed by atoms with van der Waals surface area (Å²) < 4.78 is 0. The van der Waals surface area contributed by atoms with Crippen LogP contribution in [0, 0.1) is 0 Å². The van der Waals surface area contributed by atoms with E-state index in [4.69, 9.17) is 5.73 Å². The molecular weight excluding hydrogens is 430 g/mol. The maximum atomic E-state index is 12.0. The fourth-order valence-electron chi connectivity index (χ4n) is 4.95. The average Bonchev–Trinajstić information content (AvgIpc) is 2.84. The van der Waals surface area contributed by atoms with Crippen molar-refractivity contribution in [3.63, 3.8) is 0 Å². The highest BCUT2D eigenvalue weighted by Crippen LogP contribution is 2.30. The summed E-state index contributed by atoms with van der Waals surface area (Å²) in [4.78, 5) is 37.0. The second kappa shape index (κ2) is 10.8. The summed E-state index contributed by atoms with van der Waals surface area (Å²) >= 11 is 0. The summed E-state index contributed by atoms with van der Waals surface area (Å²) in [5.41, 5.74) is 7.85. The number of anilines is 3. The van der Waals surface area contributed by atoms with Crippen LogP contribution in [-0.4, -0.2) is 65.4 Å². The monoisotopic (exact) mass is 465 g/mol. The molecule has 4 N–H and O–H groups in total. The highest BCUT2D eigenvalue weighted by molar-refractivity contribution is 5.96. The molecule has 1 aromatic heterocycles. The van der Waals surface area contributed by atoms with Crippen molar-refractivity contribution in [1.29, 1.82) is 0 Å². The van der Waals surface area contributed by atoms with E-state index in [9.17, 15) is 9.59 Å². The van der Waals surface area contributed by atoms with Crippen LogP contribution in [0.5, 0.6) is 0 Å². The van der Waals surface area contributed by atoms with Crippen molar-refractivity contribution >= 4 is 29.1 Å². The Morgan fingerprint density at radius 1 is 1.12 bits per heavy atom. The molecule has 2 aliphatic rings. The molecule has 9 nitrogen and oxygen atoms in total. The third-order valence-electron chi connectivity index (χ3n) is 6.83. The van der Waals surface area contributed by atoms with Crippen LogP contribution in [0.25, 0.3) is 0 Å². The lowest BCUT2D eigenvalue weighted by Crippen LogP contribution is -2.47. The van der Waals surface area contributed by atoms with Crippen LogP contribution in [0.3, 0.4) is 0 Å². The molecule has 1 atom stereocenters. The normalized spacial score (nSPS) is 19.6. The van der Waals surface area contributed by atoms with E-state index < -0.39 is 5.91 Å². The van der Waals surface area contributed by atoms with Crippen LogP contribution in [0.1, 0.15) is 61.5 Å². The molecule has 182 valence electrons. The second-order valence-electron chi connectivity index (χ2n) is 9.23. The summed E-state index contributed by atoms with van der Waals surface area (Å²) in [7, 11) is 0. The van der Waals surface area contributed by atoms with Gasteiger partial charge in [0.05, 0.1) is 6.20 Å². The molecule has 0 aliphatic carbocycles. The van der Waals surface area contributed by atoms with E-state index in [0.717, 1.165) is 44.7 Å². The molecular formula is C25H35N7O2. The number of nitrogens with two attached hydrogens (primary N) is 1. The van der Waals surface area contributed by atoms with Gasteiger partial charge >= 0.3 is 0 Å². The van der Waals surface area contributed by atoms with Crippen molar-refractivity contribution in [2.45, 2.75) is 51.5 Å². The summed E-state index contributed by atoms with van der Waals surface area (Å²) in [5.74, 6) is 0.911. The Morgan fingerprint density at radius 3 is 2.50 bits per heavy atom. The van der Waals surface area contributed by atoms with Gasteiger partial charge in [0.2, 0.25) is 5.91 Å². The number of carbonyl (C=O) groups is 2.